The molecule has 0 bridgehead atoms. The number of carbonyl (C=O) groups excluding carboxylic acids is 3. The summed E-state index contributed by atoms with van der Waals surface area (Å²) < 4.78 is 28.0. The van der Waals surface area contributed by atoms with E-state index in [4.69, 9.17) is 49.3 Å². The summed E-state index contributed by atoms with van der Waals surface area (Å²) in [5.74, 6) is -3.00. The lowest BCUT2D eigenvalue weighted by atomic mass is 9.93. The highest BCUT2D eigenvalue weighted by Crippen LogP contribution is 2.34. The molecule has 119 heavy (non-hydrogen) atoms. The number of nitrogens with zero attached hydrogens (tertiary/aromatic N) is 14. The van der Waals surface area contributed by atoms with Gasteiger partial charge in [-0.25, -0.2) is 70.3 Å². The monoisotopic (exact) mass is 1570 g/mol. The fourth-order valence-electron chi connectivity index (χ4n) is 10.8. The molecule has 3 aromatic heterocycles. The van der Waals surface area contributed by atoms with E-state index in [1.807, 2.05) is 80.0 Å². The summed E-state index contributed by atoms with van der Waals surface area (Å²) in [4.78, 5) is 53.2. The van der Waals surface area contributed by atoms with Crippen molar-refractivity contribution in [2.45, 2.75) is 27.7 Å². The van der Waals surface area contributed by atoms with Crippen LogP contribution in [0.25, 0.3) is 71.7 Å². The van der Waals surface area contributed by atoms with Gasteiger partial charge in [0, 0.05) is 59.7 Å². The minimum atomic E-state index is -0.710. The first-order valence-corrected chi connectivity index (χ1v) is 35.5. The van der Waals surface area contributed by atoms with Crippen molar-refractivity contribution < 1.29 is 66.7 Å². The Labute approximate surface area is 689 Å². The van der Waals surface area contributed by atoms with Gasteiger partial charge in [-0.1, -0.05) is 126 Å². The Morgan fingerprint density at radius 2 is 0.849 bits per heavy atom. The minimum Gasteiger partial charge on any atom is -0.540 e. The molecule has 26 heteroatoms. The van der Waals surface area contributed by atoms with Crippen molar-refractivity contribution in [2.75, 3.05) is 41.0 Å². The molecule has 0 aliphatic carbocycles. The average Bonchev–Trinajstić information content (AvgIpc) is 1.68. The zero-order chi connectivity index (χ0) is 87.2. The van der Waals surface area contributed by atoms with Gasteiger partial charge in [0.05, 0.1) is 132 Å². The normalized spacial score (nSPS) is 11.7. The molecule has 584 valence electrons. The van der Waals surface area contributed by atoms with Gasteiger partial charge in [0.1, 0.15) is 18.9 Å². The number of aryl methyl sites for hydroxylation is 1. The summed E-state index contributed by atoms with van der Waals surface area (Å²) in [6.45, 7) is 42.2. The van der Waals surface area contributed by atoms with Crippen molar-refractivity contribution in [3.63, 3.8) is 0 Å². The van der Waals surface area contributed by atoms with Crippen LogP contribution >= 0.6 is 0 Å². The summed E-state index contributed by atoms with van der Waals surface area (Å²) in [6.07, 6.45) is 23.7. The number of nitrogens with one attached hydrogen (secondary N) is 2. The van der Waals surface area contributed by atoms with Crippen molar-refractivity contribution in [1.82, 2.24) is 0 Å². The summed E-state index contributed by atoms with van der Waals surface area (Å²) in [5.41, 5.74) is 3.52. The van der Waals surface area contributed by atoms with Crippen LogP contribution in [0.1, 0.15) is 103 Å². The number of rotatable bonds is 25. The molecule has 0 amide bonds. The molecule has 3 heterocycles. The highest BCUT2D eigenvalue weighted by molar-refractivity contribution is 5.95. The number of allylic oxidation sites excluding steroid dienone is 18. The van der Waals surface area contributed by atoms with E-state index in [0.29, 0.717) is 27.9 Å². The van der Waals surface area contributed by atoms with Gasteiger partial charge in [-0.2, -0.15) is 26.2 Å². The average molecular weight is 1570 g/mol. The Balaban J connectivity index is 0.000000367. The zero-order valence-electron chi connectivity index (χ0n) is 65.6. The van der Waals surface area contributed by atoms with Crippen LogP contribution in [0.15, 0.2) is 261 Å². The fraction of sp³-hybridized carbons (Fsp3) is 0.118. The van der Waals surface area contributed by atoms with Crippen LogP contribution in [-0.4, -0.2) is 58.9 Å². The lowest BCUT2D eigenvalue weighted by molar-refractivity contribution is -0.894. The predicted molar refractivity (Wildman–Crippen MR) is 435 cm³/mol. The molecule has 0 aliphatic rings. The number of aromatic amines is 1. The highest BCUT2D eigenvalue weighted by Gasteiger charge is 2.23. The second-order valence-electron chi connectivity index (χ2n) is 23.8. The van der Waals surface area contributed by atoms with Gasteiger partial charge in [0.25, 0.3) is 23.2 Å². The second-order valence-corrected chi connectivity index (χ2v) is 23.8. The fourth-order valence-corrected chi connectivity index (χ4v) is 10.8. The molecule has 0 radical (unpaired) electrons. The number of quaternary nitrogens is 1. The largest absolute Gasteiger partial charge is 0.540 e. The Morgan fingerprint density at radius 3 is 1.18 bits per heavy atom. The van der Waals surface area contributed by atoms with Crippen molar-refractivity contribution >= 4 is 64.5 Å². The smallest absolute Gasteiger partial charge is 0.337 e. The van der Waals surface area contributed by atoms with E-state index in [0.717, 1.165) is 5.56 Å². The lowest BCUT2D eigenvalue weighted by Crippen LogP contribution is -3.11. The molecule has 8 aromatic rings. The summed E-state index contributed by atoms with van der Waals surface area (Å²) in [7, 11) is 5.24. The number of ether oxygens (including phenoxy) is 3. The van der Waals surface area contributed by atoms with Crippen LogP contribution in [0.3, 0.4) is 0 Å². The van der Waals surface area contributed by atoms with E-state index >= 15 is 0 Å². The molecule has 0 spiro atoms. The number of aromatic nitrogens is 3. The molecule has 26 nitrogen and oxygen atoms in total. The number of oxazole rings is 2. The van der Waals surface area contributed by atoms with E-state index in [9.17, 15) is 66.7 Å². The third-order valence-electron chi connectivity index (χ3n) is 16.8. The first-order valence-electron chi connectivity index (χ1n) is 35.5. The van der Waals surface area contributed by atoms with Crippen molar-refractivity contribution in [3.8, 4) is 66.1 Å². The van der Waals surface area contributed by atoms with Crippen LogP contribution in [0.5, 0.6) is 11.9 Å². The molecule has 0 atom stereocenters. The van der Waals surface area contributed by atoms with Crippen LogP contribution in [-0.2, 0) is 21.3 Å². The molecule has 2 N–H and O–H groups in total. The summed E-state index contributed by atoms with van der Waals surface area (Å²) in [5, 5.41) is 104. The Hall–Kier alpha value is -17.9. The third-order valence-corrected chi connectivity index (χ3v) is 16.8. The van der Waals surface area contributed by atoms with E-state index in [1.165, 1.54) is 208 Å². The number of carbonyl (C=O) groups is 3. The van der Waals surface area contributed by atoms with Gasteiger partial charge in [-0.3, -0.25) is 0 Å². The maximum atomic E-state index is 13.2. The molecule has 8 rings (SSSR count). The number of esters is 3. The molecule has 0 saturated carbocycles. The molecule has 0 fully saturated rings. The molecular formula is C93H72N16O10. The lowest BCUT2D eigenvalue weighted by Gasteiger charge is -2.20. The van der Waals surface area contributed by atoms with Crippen LogP contribution in [0, 0.1) is 136 Å². The molecular weight excluding hydrogens is 1500 g/mol. The number of benzene rings is 5. The summed E-state index contributed by atoms with van der Waals surface area (Å²) >= 11 is 0. The van der Waals surface area contributed by atoms with Crippen LogP contribution < -0.4 is 29.2 Å². The van der Waals surface area contributed by atoms with E-state index in [1.54, 1.807) is 66.6 Å². The number of hydrogen-bond donors (Lipinski definition) is 1. The number of pyridine rings is 1. The molecule has 5 aromatic carbocycles. The van der Waals surface area contributed by atoms with Gasteiger partial charge in [0.2, 0.25) is 29.2 Å². The molecule has 0 aliphatic heterocycles. The van der Waals surface area contributed by atoms with E-state index in [2.05, 4.69) is 51.2 Å². The third kappa shape index (κ3) is 25.6. The minimum absolute atomic E-state index is 0.0313. The first-order chi connectivity index (χ1) is 57.7. The summed E-state index contributed by atoms with van der Waals surface area (Å²) in [6, 6.07) is 54.0. The highest BCUT2D eigenvalue weighted by atomic mass is 16.5. The van der Waals surface area contributed by atoms with Gasteiger partial charge >= 0.3 is 17.9 Å². The number of H-pyrrole nitrogens is 1. The van der Waals surface area contributed by atoms with Gasteiger partial charge in [0.15, 0.2) is 12.4 Å². The van der Waals surface area contributed by atoms with Crippen molar-refractivity contribution in [3.05, 3.63) is 378 Å². The van der Waals surface area contributed by atoms with Crippen LogP contribution in [0.4, 0.5) is 0 Å². The van der Waals surface area contributed by atoms with Gasteiger partial charge < -0.3 is 38.2 Å². The maximum absolute atomic E-state index is 13.2. The van der Waals surface area contributed by atoms with E-state index < -0.39 is 29.8 Å². The van der Waals surface area contributed by atoms with Crippen molar-refractivity contribution in [2.24, 2.45) is 7.05 Å². The van der Waals surface area contributed by atoms with Gasteiger partial charge in [-0.15, -0.1) is 52.1 Å². The van der Waals surface area contributed by atoms with Crippen LogP contribution in [0.2, 0.25) is 0 Å². The zero-order valence-corrected chi connectivity index (χ0v) is 65.6. The SMILES string of the molecule is CC[NH+](CC)CC.[C-]#[N+]/C(C#N)=C(/C(C#N)=C/C=C/c1oc([O-])c(/C=C/C=C/C(C#N)=C(/c2ccc(C(=O)OC)cc2)[C-](C#N)[N+]#[C-])[n+]1C)c1ccc(C(=O)OC)cc1.[C-]#[N+]/C(C#N)=C(/C(C#N)=C/C=C/c1oc([O-])c(/C=C/C=C/C(C#N)=C(/c2ccc(C)cc2)[C-](C#N)[N+]#[C-])[n+]1-c1ccccc1)c1ccc(C(=O)OC)cc1.c1cc[nH+]cc1. The predicted octanol–water partition coefficient (Wildman–Crippen LogP) is 13.6. The Kier molecular flexibility index (Phi) is 37.6. The number of methoxy groups -OCH3 is 3. The Bertz CT molecular complexity index is 5850. The molecule has 0 saturated heterocycles. The topological polar surface area (TPSA) is 385 Å². The van der Waals surface area contributed by atoms with Gasteiger partial charge in [-0.05, 0) is 87.4 Å². The Morgan fingerprint density at radius 1 is 0.479 bits per heavy atom. The van der Waals surface area contributed by atoms with Crippen molar-refractivity contribution in [1.29, 1.82) is 42.1 Å². The standard InChI is InChI=1S/C43H27N7O4.C39H25N7O6.C6H15N.C5H5N/c1-29-17-19-30(20-18-29)40(36(27-46)48-2)33(25-44)11-8-9-15-38-43(52)54-39(50(38)35-13-6-5-7-14-35)16-10-12-34(26-45)41(37(28-47)49-3)31-21-23-32(24-22-31)42(51)53-4;1-44-31(23-42)35(25-13-17-27(18-14-25)37(47)50-4)29(21-40)9-6-7-11-33-39(49)52-34(46(33)3)12-8-10-30(22-41)36(32(24-43)45-2)26-15-19-28(20-16-26)38(48)51-5;1-4-7(5-2)6-3;1-2-4-6-5-3-1/h5-24,52H,1,4H3;6-20,49H,3-5H3;4-6H2,1-3H3;1-5H/b11-8+,15-9+,16-10+,34-12+,40-33+,41-37+;9-6+,11-7+,12-8+,30-10+,35-29+,36-32+;;. The second kappa shape index (κ2) is 48.7. The molecule has 0 unspecified atom stereocenters. The maximum Gasteiger partial charge on any atom is 0.337 e. The number of nitriles is 8. The number of hydrogen-bond acceptors (Lipinski definition) is 18. The number of para-hydroxylation sites is 1. The first kappa shape index (κ1) is 91.7. The quantitative estimate of drug-likeness (QED) is 0.0139. The van der Waals surface area contributed by atoms with E-state index in [-0.39, 0.29) is 108 Å².